The van der Waals surface area contributed by atoms with Crippen molar-refractivity contribution in [1.82, 2.24) is 4.98 Å². The van der Waals surface area contributed by atoms with Crippen LogP contribution in [0, 0.1) is 6.92 Å². The van der Waals surface area contributed by atoms with Crippen molar-refractivity contribution >= 4 is 16.6 Å². The highest BCUT2D eigenvalue weighted by atomic mass is 14.9. The Kier molecular flexibility index (Phi) is 3.87. The molecule has 3 aromatic rings. The second-order valence-corrected chi connectivity index (χ2v) is 5.30. The van der Waals surface area contributed by atoms with E-state index in [0.717, 1.165) is 29.9 Å². The third-order valence-electron chi connectivity index (χ3n) is 3.81. The number of aryl methyl sites for hydroxylation is 2. The summed E-state index contributed by atoms with van der Waals surface area (Å²) in [4.78, 5) is 4.59. The molecule has 2 heteroatoms. The van der Waals surface area contributed by atoms with Crippen LogP contribution in [0.2, 0.25) is 0 Å². The molecule has 0 radical (unpaired) electrons. The first-order valence-electron chi connectivity index (χ1n) is 7.45. The van der Waals surface area contributed by atoms with Crippen molar-refractivity contribution in [3.63, 3.8) is 0 Å². The zero-order chi connectivity index (χ0) is 14.7. The van der Waals surface area contributed by atoms with Crippen molar-refractivity contribution in [3.05, 3.63) is 71.4 Å². The predicted octanol–water partition coefficient (Wildman–Crippen LogP) is 4.72. The van der Waals surface area contributed by atoms with Gasteiger partial charge in [-0.15, -0.1) is 0 Å². The van der Waals surface area contributed by atoms with Crippen LogP contribution in [0.3, 0.4) is 0 Å². The van der Waals surface area contributed by atoms with Crippen molar-refractivity contribution in [2.75, 3.05) is 5.32 Å². The van der Waals surface area contributed by atoms with Crippen LogP contribution in [-0.2, 0) is 13.0 Å². The number of para-hydroxylation sites is 1. The summed E-state index contributed by atoms with van der Waals surface area (Å²) in [5.41, 5.74) is 6.01. The fourth-order valence-electron chi connectivity index (χ4n) is 2.72. The molecule has 1 N–H and O–H groups in total. The molecule has 0 bridgehead atoms. The molecule has 0 atom stereocenters. The number of nitrogens with one attached hydrogen (secondary N) is 1. The van der Waals surface area contributed by atoms with E-state index in [4.69, 9.17) is 0 Å². The van der Waals surface area contributed by atoms with Gasteiger partial charge in [-0.25, -0.2) is 0 Å². The lowest BCUT2D eigenvalue weighted by atomic mass is 10.1. The molecule has 1 aromatic heterocycles. The molecule has 0 fully saturated rings. The first-order valence-corrected chi connectivity index (χ1v) is 7.45. The van der Waals surface area contributed by atoms with Gasteiger partial charge in [-0.3, -0.25) is 4.98 Å². The standard InChI is InChI=1S/C19H20N2/c1-3-15-8-4-5-9-16(15)13-20-19-12-14(2)21-18-11-7-6-10-17(18)19/h4-12H,3,13H2,1-2H3,(H,20,21). The van der Waals surface area contributed by atoms with Crippen molar-refractivity contribution in [3.8, 4) is 0 Å². The van der Waals surface area contributed by atoms with Crippen molar-refractivity contribution in [2.24, 2.45) is 0 Å². The van der Waals surface area contributed by atoms with Gasteiger partial charge in [-0.05, 0) is 36.6 Å². The molecule has 0 spiro atoms. The average Bonchev–Trinajstić information content (AvgIpc) is 2.52. The highest BCUT2D eigenvalue weighted by Gasteiger charge is 2.04. The highest BCUT2D eigenvalue weighted by Crippen LogP contribution is 2.24. The first kappa shape index (κ1) is 13.6. The van der Waals surface area contributed by atoms with Crippen molar-refractivity contribution in [1.29, 1.82) is 0 Å². The van der Waals surface area contributed by atoms with Crippen LogP contribution < -0.4 is 5.32 Å². The van der Waals surface area contributed by atoms with E-state index < -0.39 is 0 Å². The molecule has 0 saturated heterocycles. The van der Waals surface area contributed by atoms with Gasteiger partial charge in [0.2, 0.25) is 0 Å². The lowest BCUT2D eigenvalue weighted by Gasteiger charge is -2.13. The van der Waals surface area contributed by atoms with Crippen molar-refractivity contribution < 1.29 is 0 Å². The molecular weight excluding hydrogens is 256 g/mol. The highest BCUT2D eigenvalue weighted by molar-refractivity contribution is 5.91. The minimum atomic E-state index is 0.845. The molecule has 0 aliphatic rings. The van der Waals surface area contributed by atoms with Crippen LogP contribution in [-0.4, -0.2) is 4.98 Å². The maximum atomic E-state index is 4.59. The van der Waals surface area contributed by atoms with Crippen LogP contribution >= 0.6 is 0 Å². The summed E-state index contributed by atoms with van der Waals surface area (Å²) in [5.74, 6) is 0. The Hall–Kier alpha value is -2.35. The molecule has 1 heterocycles. The number of anilines is 1. The summed E-state index contributed by atoms with van der Waals surface area (Å²) in [6, 6.07) is 19.0. The van der Waals surface area contributed by atoms with E-state index in [1.165, 1.54) is 16.5 Å². The van der Waals surface area contributed by atoms with Gasteiger partial charge in [-0.2, -0.15) is 0 Å². The van der Waals surface area contributed by atoms with Crippen LogP contribution in [0.25, 0.3) is 10.9 Å². The zero-order valence-corrected chi connectivity index (χ0v) is 12.6. The third kappa shape index (κ3) is 2.89. The van der Waals surface area contributed by atoms with Gasteiger partial charge in [0.1, 0.15) is 0 Å². The third-order valence-corrected chi connectivity index (χ3v) is 3.81. The van der Waals surface area contributed by atoms with E-state index in [9.17, 15) is 0 Å². The van der Waals surface area contributed by atoms with E-state index in [0.29, 0.717) is 0 Å². The minimum Gasteiger partial charge on any atom is -0.380 e. The fourth-order valence-corrected chi connectivity index (χ4v) is 2.72. The Morgan fingerprint density at radius 2 is 1.67 bits per heavy atom. The number of fused-ring (bicyclic) bond motifs is 1. The summed E-state index contributed by atoms with van der Waals surface area (Å²) in [6.45, 7) is 5.08. The van der Waals surface area contributed by atoms with Gasteiger partial charge in [0, 0.05) is 23.3 Å². The Morgan fingerprint density at radius 3 is 2.48 bits per heavy atom. The number of rotatable bonds is 4. The van der Waals surface area contributed by atoms with E-state index in [1.807, 2.05) is 13.0 Å². The lowest BCUT2D eigenvalue weighted by Crippen LogP contribution is -2.03. The lowest BCUT2D eigenvalue weighted by molar-refractivity contribution is 1.04. The van der Waals surface area contributed by atoms with Gasteiger partial charge < -0.3 is 5.32 Å². The monoisotopic (exact) mass is 276 g/mol. The van der Waals surface area contributed by atoms with Gasteiger partial charge >= 0.3 is 0 Å². The zero-order valence-electron chi connectivity index (χ0n) is 12.6. The summed E-state index contributed by atoms with van der Waals surface area (Å²) < 4.78 is 0. The second-order valence-electron chi connectivity index (χ2n) is 5.30. The van der Waals surface area contributed by atoms with E-state index in [-0.39, 0.29) is 0 Å². The number of pyridine rings is 1. The molecule has 106 valence electrons. The molecule has 0 saturated carbocycles. The molecular formula is C19H20N2. The summed E-state index contributed by atoms with van der Waals surface area (Å²) in [5, 5.41) is 4.76. The fraction of sp³-hybridized carbons (Fsp3) is 0.211. The van der Waals surface area contributed by atoms with E-state index >= 15 is 0 Å². The van der Waals surface area contributed by atoms with Gasteiger partial charge in [-0.1, -0.05) is 49.4 Å². The summed E-state index contributed by atoms with van der Waals surface area (Å²) in [7, 11) is 0. The number of hydrogen-bond donors (Lipinski definition) is 1. The van der Waals surface area contributed by atoms with Crippen LogP contribution in [0.5, 0.6) is 0 Å². The maximum Gasteiger partial charge on any atom is 0.0725 e. The molecule has 0 aliphatic carbocycles. The molecule has 21 heavy (non-hydrogen) atoms. The quantitative estimate of drug-likeness (QED) is 0.746. The Labute approximate surface area is 125 Å². The second kappa shape index (κ2) is 5.96. The Balaban J connectivity index is 1.92. The molecule has 0 aliphatic heterocycles. The smallest absolute Gasteiger partial charge is 0.0725 e. The number of benzene rings is 2. The van der Waals surface area contributed by atoms with Crippen LogP contribution in [0.15, 0.2) is 54.6 Å². The minimum absolute atomic E-state index is 0.845. The van der Waals surface area contributed by atoms with Gasteiger partial charge in [0.15, 0.2) is 0 Å². The maximum absolute atomic E-state index is 4.59. The average molecular weight is 276 g/mol. The normalized spacial score (nSPS) is 10.8. The predicted molar refractivity (Wildman–Crippen MR) is 89.6 cm³/mol. The molecule has 0 amide bonds. The van der Waals surface area contributed by atoms with Crippen LogP contribution in [0.1, 0.15) is 23.7 Å². The Bertz CT molecular complexity index is 762. The Morgan fingerprint density at radius 1 is 0.952 bits per heavy atom. The van der Waals surface area contributed by atoms with E-state index in [1.54, 1.807) is 0 Å². The molecule has 3 rings (SSSR count). The molecule has 2 aromatic carbocycles. The number of nitrogens with zero attached hydrogens (tertiary/aromatic N) is 1. The molecule has 0 unspecified atom stereocenters. The SMILES string of the molecule is CCc1ccccc1CNc1cc(C)nc2ccccc12. The largest absolute Gasteiger partial charge is 0.380 e. The van der Waals surface area contributed by atoms with Gasteiger partial charge in [0.05, 0.1) is 5.52 Å². The summed E-state index contributed by atoms with van der Waals surface area (Å²) >= 11 is 0. The van der Waals surface area contributed by atoms with Crippen molar-refractivity contribution in [2.45, 2.75) is 26.8 Å². The summed E-state index contributed by atoms with van der Waals surface area (Å²) in [6.07, 6.45) is 1.06. The van der Waals surface area contributed by atoms with Crippen LogP contribution in [0.4, 0.5) is 5.69 Å². The van der Waals surface area contributed by atoms with E-state index in [2.05, 4.69) is 65.8 Å². The van der Waals surface area contributed by atoms with Gasteiger partial charge in [0.25, 0.3) is 0 Å². The number of aromatic nitrogens is 1. The topological polar surface area (TPSA) is 24.9 Å². The molecule has 2 nitrogen and oxygen atoms in total. The number of hydrogen-bond acceptors (Lipinski definition) is 2. The first-order chi connectivity index (χ1) is 10.3.